The summed E-state index contributed by atoms with van der Waals surface area (Å²) in [5, 5.41) is 6.48. The van der Waals surface area contributed by atoms with E-state index in [9.17, 15) is 9.59 Å². The molecule has 2 fully saturated rings. The number of hydrogen-bond donors (Lipinski definition) is 2. The number of aromatic nitrogens is 3. The van der Waals surface area contributed by atoms with Gasteiger partial charge in [-0.05, 0) is 102 Å². The van der Waals surface area contributed by atoms with E-state index in [0.717, 1.165) is 46.4 Å². The molecule has 2 aromatic heterocycles. The van der Waals surface area contributed by atoms with Crippen LogP contribution in [0.1, 0.15) is 81.8 Å². The minimum Gasteiger partial charge on any atom is -0.355 e. The average molecular weight is 640 g/mol. The van der Waals surface area contributed by atoms with Gasteiger partial charge in [0.05, 0.1) is 33.5 Å². The fourth-order valence-corrected chi connectivity index (χ4v) is 7.60. The van der Waals surface area contributed by atoms with Crippen LogP contribution in [0, 0.1) is 0 Å². The first-order valence-corrected chi connectivity index (χ1v) is 16.8. The van der Waals surface area contributed by atoms with Crippen LogP contribution < -0.4 is 15.5 Å². The molecule has 0 atom stereocenters. The van der Waals surface area contributed by atoms with Gasteiger partial charge >= 0.3 is 0 Å². The Morgan fingerprint density at radius 1 is 1.02 bits per heavy atom. The van der Waals surface area contributed by atoms with Crippen molar-refractivity contribution >= 4 is 51.6 Å². The predicted octanol–water partition coefficient (Wildman–Crippen LogP) is 7.08. The van der Waals surface area contributed by atoms with Crippen LogP contribution in [0.2, 0.25) is 5.02 Å². The molecule has 46 heavy (non-hydrogen) atoms. The number of piperidine rings is 1. The number of hydrogen-bond acceptors (Lipinski definition) is 6. The lowest BCUT2D eigenvalue weighted by molar-refractivity contribution is -0.123. The molecule has 9 nitrogen and oxygen atoms in total. The van der Waals surface area contributed by atoms with Gasteiger partial charge in [-0.15, -0.1) is 0 Å². The van der Waals surface area contributed by atoms with E-state index in [-0.39, 0.29) is 23.9 Å². The summed E-state index contributed by atoms with van der Waals surface area (Å²) < 4.78 is 2.09. The molecule has 3 aliphatic rings. The third-order valence-electron chi connectivity index (χ3n) is 10.1. The summed E-state index contributed by atoms with van der Waals surface area (Å²) in [5.41, 5.74) is 5.89. The number of carbonyl (C=O) groups is 2. The summed E-state index contributed by atoms with van der Waals surface area (Å²) in [6, 6.07) is 14.5. The summed E-state index contributed by atoms with van der Waals surface area (Å²) in [5.74, 6) is 0.542. The third-order valence-corrected chi connectivity index (χ3v) is 10.5. The minimum absolute atomic E-state index is 0.155. The van der Waals surface area contributed by atoms with E-state index in [1.807, 2.05) is 32.3 Å². The highest BCUT2D eigenvalue weighted by Gasteiger charge is 2.50. The van der Waals surface area contributed by atoms with Crippen molar-refractivity contribution in [1.29, 1.82) is 0 Å². The number of halogens is 1. The number of pyridine rings is 1. The largest absolute Gasteiger partial charge is 0.355 e. The van der Waals surface area contributed by atoms with Crippen LogP contribution in [0.3, 0.4) is 0 Å². The Hall–Kier alpha value is -3.95. The lowest BCUT2D eigenvalue weighted by atomic mass is 9.82. The van der Waals surface area contributed by atoms with E-state index in [1.165, 1.54) is 32.4 Å². The van der Waals surface area contributed by atoms with Gasteiger partial charge in [0.15, 0.2) is 5.82 Å². The van der Waals surface area contributed by atoms with Crippen LogP contribution in [-0.4, -0.2) is 63.5 Å². The first-order chi connectivity index (χ1) is 22.1. The molecular weight excluding hydrogens is 598 g/mol. The highest BCUT2D eigenvalue weighted by Crippen LogP contribution is 2.48. The molecule has 0 unspecified atom stereocenters. The second-order valence-corrected chi connectivity index (χ2v) is 14.2. The molecule has 0 radical (unpaired) electrons. The molecule has 2 aliphatic heterocycles. The van der Waals surface area contributed by atoms with Gasteiger partial charge in [0, 0.05) is 42.1 Å². The van der Waals surface area contributed by atoms with Crippen molar-refractivity contribution in [3.05, 3.63) is 64.9 Å². The molecule has 0 bridgehead atoms. The van der Waals surface area contributed by atoms with E-state index in [2.05, 4.69) is 57.0 Å². The molecule has 2 N–H and O–H groups in total. The highest BCUT2D eigenvalue weighted by atomic mass is 35.5. The summed E-state index contributed by atoms with van der Waals surface area (Å²) in [6.45, 7) is 10.6. The fourth-order valence-electron chi connectivity index (χ4n) is 7.39. The molecule has 240 valence electrons. The Bertz CT molecular complexity index is 1840. The molecule has 1 aliphatic carbocycles. The molecule has 7 rings (SSSR count). The van der Waals surface area contributed by atoms with Gasteiger partial charge in [-0.2, -0.15) is 0 Å². The van der Waals surface area contributed by atoms with Crippen LogP contribution in [0.4, 0.5) is 17.2 Å². The van der Waals surface area contributed by atoms with Crippen molar-refractivity contribution in [1.82, 2.24) is 24.8 Å². The molecule has 4 heterocycles. The molecule has 4 aromatic rings. The number of likely N-dealkylation sites (tertiary alicyclic amines) is 1. The number of nitrogens with zero attached hydrogens (tertiary/aromatic N) is 5. The number of rotatable bonds is 7. The maximum atomic E-state index is 13.9. The monoisotopic (exact) mass is 639 g/mol. The van der Waals surface area contributed by atoms with Gasteiger partial charge in [-0.25, -0.2) is 9.97 Å². The summed E-state index contributed by atoms with van der Waals surface area (Å²) in [4.78, 5) is 41.0. The predicted molar refractivity (Wildman–Crippen MR) is 184 cm³/mol. The van der Waals surface area contributed by atoms with Crippen molar-refractivity contribution in [2.45, 2.75) is 83.3 Å². The van der Waals surface area contributed by atoms with Gasteiger partial charge in [-0.1, -0.05) is 30.2 Å². The van der Waals surface area contributed by atoms with Gasteiger partial charge in [0.25, 0.3) is 5.91 Å². The molecule has 1 saturated carbocycles. The van der Waals surface area contributed by atoms with Crippen molar-refractivity contribution in [3.8, 4) is 11.3 Å². The number of carbonyl (C=O) groups excluding carboxylic acids is 2. The lowest BCUT2D eigenvalue weighted by Gasteiger charge is -2.48. The Labute approximate surface area is 275 Å². The second kappa shape index (κ2) is 11.7. The topological polar surface area (TPSA) is 95.4 Å². The van der Waals surface area contributed by atoms with Crippen molar-refractivity contribution < 1.29 is 9.59 Å². The number of amides is 2. The third kappa shape index (κ3) is 5.14. The van der Waals surface area contributed by atoms with E-state index < -0.39 is 5.41 Å². The molecule has 0 spiro atoms. The quantitative estimate of drug-likeness (QED) is 0.224. The SMILES string of the molecule is CNC(=O)c1cc(Nc2nc(-c3ccc4c(c3)N(C3CC(N5CCCCC5)C3)C(=O)C4(C)C)cc3ncn(C(C)C)c23)ccc1Cl. The Morgan fingerprint density at radius 2 is 1.78 bits per heavy atom. The molecule has 2 amide bonds. The van der Waals surface area contributed by atoms with Crippen LogP contribution in [-0.2, 0) is 10.2 Å². The molecule has 2 aromatic carbocycles. The van der Waals surface area contributed by atoms with E-state index >= 15 is 0 Å². The van der Waals surface area contributed by atoms with E-state index in [1.54, 1.807) is 19.2 Å². The number of fused-ring (bicyclic) bond motifs is 2. The molecule has 10 heteroatoms. The van der Waals surface area contributed by atoms with Crippen molar-refractivity contribution in [2.24, 2.45) is 0 Å². The minimum atomic E-state index is -0.582. The summed E-state index contributed by atoms with van der Waals surface area (Å²) in [7, 11) is 1.58. The zero-order chi connectivity index (χ0) is 32.3. The fraction of sp³-hybridized carbons (Fsp3) is 0.444. The van der Waals surface area contributed by atoms with Gasteiger partial charge in [-0.3, -0.25) is 9.59 Å². The Morgan fingerprint density at radius 3 is 2.50 bits per heavy atom. The van der Waals surface area contributed by atoms with Gasteiger partial charge in [0.1, 0.15) is 5.52 Å². The first kappa shape index (κ1) is 30.7. The lowest BCUT2D eigenvalue weighted by Crippen LogP contribution is -2.57. The van der Waals surface area contributed by atoms with Crippen LogP contribution in [0.15, 0.2) is 48.8 Å². The van der Waals surface area contributed by atoms with Gasteiger partial charge in [0.2, 0.25) is 5.91 Å². The zero-order valence-corrected chi connectivity index (χ0v) is 28.0. The number of nitrogens with one attached hydrogen (secondary N) is 2. The summed E-state index contributed by atoms with van der Waals surface area (Å²) in [6.07, 6.45) is 7.77. The first-order valence-electron chi connectivity index (χ1n) is 16.5. The maximum Gasteiger partial charge on any atom is 0.252 e. The maximum absolute atomic E-state index is 13.9. The van der Waals surface area contributed by atoms with Gasteiger partial charge < -0.3 is 25.0 Å². The molecule has 1 saturated heterocycles. The standard InChI is InChI=1S/C36H42ClN7O2/c1-21(2)43-20-39-30-19-29(41-33(32(30)43)40-23-10-12-28(37)26(16-23)34(45)38-5)22-9-11-27-31(15-22)44(35(46)36(27,3)4)25-17-24(18-25)42-13-7-6-8-14-42/h9-12,15-16,19-21,24-25H,6-8,13-14,17-18H2,1-5H3,(H,38,45)(H,40,41). The number of anilines is 3. The smallest absolute Gasteiger partial charge is 0.252 e. The molecular formula is C36H42ClN7O2. The van der Waals surface area contributed by atoms with Crippen LogP contribution in [0.25, 0.3) is 22.3 Å². The summed E-state index contributed by atoms with van der Waals surface area (Å²) >= 11 is 6.35. The number of imidazole rings is 1. The van der Waals surface area contributed by atoms with Crippen LogP contribution >= 0.6 is 11.6 Å². The Balaban J connectivity index is 1.26. The Kier molecular flexibility index (Phi) is 7.80. The van der Waals surface area contributed by atoms with E-state index in [0.29, 0.717) is 28.1 Å². The zero-order valence-electron chi connectivity index (χ0n) is 27.2. The van der Waals surface area contributed by atoms with Crippen molar-refractivity contribution in [3.63, 3.8) is 0 Å². The van der Waals surface area contributed by atoms with Crippen molar-refractivity contribution in [2.75, 3.05) is 30.4 Å². The average Bonchev–Trinajstić information content (AvgIpc) is 3.55. The van der Waals surface area contributed by atoms with Crippen LogP contribution in [0.5, 0.6) is 0 Å². The normalized spacial score (nSPS) is 21.0. The van der Waals surface area contributed by atoms with E-state index in [4.69, 9.17) is 21.6 Å². The highest BCUT2D eigenvalue weighted by molar-refractivity contribution is 6.34. The second-order valence-electron chi connectivity index (χ2n) is 13.8. The number of benzene rings is 2.